The van der Waals surface area contributed by atoms with E-state index in [0.29, 0.717) is 28.8 Å². The Labute approximate surface area is 182 Å². The standard InChI is InChI=1S/C22H27FN4O3S/c1-6-15-10-21(28)19(23)11-18(15)17-8-7-9-20(27(4)31(5,29)30)22(17)14(2)25-16-12-24-26(3)13-16/h7-14,25,28H,6H2,1-5H3/t14-/m1/s1. The van der Waals surface area contributed by atoms with Crippen molar-refractivity contribution in [2.75, 3.05) is 22.9 Å². The number of anilines is 2. The second-order valence-corrected chi connectivity index (χ2v) is 9.57. The molecule has 166 valence electrons. The van der Waals surface area contributed by atoms with Gasteiger partial charge < -0.3 is 10.4 Å². The number of aromatic hydroxyl groups is 1. The fourth-order valence-corrected chi connectivity index (χ4v) is 4.18. The third-order valence-electron chi connectivity index (χ3n) is 5.28. The van der Waals surface area contributed by atoms with E-state index in [-0.39, 0.29) is 6.04 Å². The van der Waals surface area contributed by atoms with Crippen LogP contribution in [0.15, 0.2) is 42.7 Å². The molecule has 3 aromatic rings. The van der Waals surface area contributed by atoms with Crippen LogP contribution in [0.3, 0.4) is 0 Å². The third-order valence-corrected chi connectivity index (χ3v) is 6.48. The number of phenols is 1. The van der Waals surface area contributed by atoms with Crippen molar-refractivity contribution < 1.29 is 17.9 Å². The molecule has 0 aliphatic heterocycles. The van der Waals surface area contributed by atoms with E-state index in [2.05, 4.69) is 10.4 Å². The summed E-state index contributed by atoms with van der Waals surface area (Å²) in [6.45, 7) is 3.83. The van der Waals surface area contributed by atoms with Crippen LogP contribution in [0.2, 0.25) is 0 Å². The zero-order chi connectivity index (χ0) is 22.9. The number of hydrogen-bond donors (Lipinski definition) is 2. The van der Waals surface area contributed by atoms with Crippen molar-refractivity contribution in [3.8, 4) is 16.9 Å². The van der Waals surface area contributed by atoms with Gasteiger partial charge in [-0.1, -0.05) is 19.1 Å². The van der Waals surface area contributed by atoms with Gasteiger partial charge in [-0.3, -0.25) is 8.99 Å². The third kappa shape index (κ3) is 4.66. The monoisotopic (exact) mass is 446 g/mol. The number of nitrogens with zero attached hydrogens (tertiary/aromatic N) is 3. The summed E-state index contributed by atoms with van der Waals surface area (Å²) in [7, 11) is -0.237. The first-order chi connectivity index (χ1) is 14.5. The van der Waals surface area contributed by atoms with E-state index in [1.165, 1.54) is 23.5 Å². The topological polar surface area (TPSA) is 87.5 Å². The summed E-state index contributed by atoms with van der Waals surface area (Å²) in [5.74, 6) is -1.14. The van der Waals surface area contributed by atoms with Gasteiger partial charge in [0.1, 0.15) is 0 Å². The second kappa shape index (κ2) is 8.58. The summed E-state index contributed by atoms with van der Waals surface area (Å²) in [6.07, 6.45) is 5.20. The van der Waals surface area contributed by atoms with E-state index >= 15 is 0 Å². The average Bonchev–Trinajstić information content (AvgIpc) is 3.12. The Morgan fingerprint density at radius 3 is 2.58 bits per heavy atom. The zero-order valence-corrected chi connectivity index (χ0v) is 19.0. The first-order valence-electron chi connectivity index (χ1n) is 9.86. The van der Waals surface area contributed by atoms with Crippen LogP contribution in [0.25, 0.3) is 11.1 Å². The molecule has 2 N–H and O–H groups in total. The summed E-state index contributed by atoms with van der Waals surface area (Å²) in [6, 6.07) is 7.69. The molecule has 2 aromatic carbocycles. The van der Waals surface area contributed by atoms with Gasteiger partial charge in [-0.25, -0.2) is 12.8 Å². The lowest BCUT2D eigenvalue weighted by molar-refractivity contribution is 0.432. The highest BCUT2D eigenvalue weighted by Crippen LogP contribution is 2.40. The molecule has 0 aliphatic rings. The molecule has 9 heteroatoms. The molecule has 0 saturated carbocycles. The number of aryl methyl sites for hydroxylation is 2. The van der Waals surface area contributed by atoms with Crippen molar-refractivity contribution in [2.45, 2.75) is 26.3 Å². The lowest BCUT2D eigenvalue weighted by atomic mass is 9.90. The molecular formula is C22H27FN4O3S. The molecule has 0 bridgehead atoms. The maximum atomic E-state index is 14.3. The van der Waals surface area contributed by atoms with E-state index in [1.807, 2.05) is 26.1 Å². The van der Waals surface area contributed by atoms with Gasteiger partial charge in [0.2, 0.25) is 10.0 Å². The Morgan fingerprint density at radius 2 is 2.00 bits per heavy atom. The minimum atomic E-state index is -3.54. The van der Waals surface area contributed by atoms with Crippen LogP contribution in [0, 0.1) is 5.82 Å². The summed E-state index contributed by atoms with van der Waals surface area (Å²) in [5, 5.41) is 17.4. The van der Waals surface area contributed by atoms with E-state index in [1.54, 1.807) is 30.1 Å². The molecule has 0 aliphatic carbocycles. The molecule has 0 amide bonds. The van der Waals surface area contributed by atoms with Crippen LogP contribution >= 0.6 is 0 Å². The quantitative estimate of drug-likeness (QED) is 0.571. The van der Waals surface area contributed by atoms with Crippen molar-refractivity contribution in [1.82, 2.24) is 9.78 Å². The maximum absolute atomic E-state index is 14.3. The van der Waals surface area contributed by atoms with Crippen molar-refractivity contribution in [3.05, 3.63) is 59.7 Å². The van der Waals surface area contributed by atoms with E-state index in [9.17, 15) is 17.9 Å². The number of benzene rings is 2. The highest BCUT2D eigenvalue weighted by atomic mass is 32.2. The largest absolute Gasteiger partial charge is 0.505 e. The molecule has 31 heavy (non-hydrogen) atoms. The summed E-state index contributed by atoms with van der Waals surface area (Å²) in [5.41, 5.74) is 4.00. The van der Waals surface area contributed by atoms with Gasteiger partial charge in [0.15, 0.2) is 11.6 Å². The molecule has 1 heterocycles. The summed E-state index contributed by atoms with van der Waals surface area (Å²) >= 11 is 0. The van der Waals surface area contributed by atoms with Crippen LogP contribution in [0.1, 0.15) is 31.0 Å². The highest BCUT2D eigenvalue weighted by Gasteiger charge is 2.24. The van der Waals surface area contributed by atoms with E-state index in [4.69, 9.17) is 0 Å². The molecular weight excluding hydrogens is 419 g/mol. The fraction of sp³-hybridized carbons (Fsp3) is 0.318. The normalized spacial score (nSPS) is 12.6. The Hall–Kier alpha value is -3.07. The van der Waals surface area contributed by atoms with Gasteiger partial charge in [0, 0.05) is 25.9 Å². The highest BCUT2D eigenvalue weighted by molar-refractivity contribution is 7.92. The van der Waals surface area contributed by atoms with Crippen LogP contribution in [-0.2, 0) is 23.5 Å². The Balaban J connectivity index is 2.26. The Kier molecular flexibility index (Phi) is 6.26. The smallest absolute Gasteiger partial charge is 0.232 e. The number of phenolic OH excluding ortho intramolecular Hbond substituents is 1. The number of aromatic nitrogens is 2. The molecule has 3 rings (SSSR count). The zero-order valence-electron chi connectivity index (χ0n) is 18.2. The first kappa shape index (κ1) is 22.6. The van der Waals surface area contributed by atoms with Gasteiger partial charge >= 0.3 is 0 Å². The summed E-state index contributed by atoms with van der Waals surface area (Å²) in [4.78, 5) is 0. The first-order valence-corrected chi connectivity index (χ1v) is 11.7. The fourth-order valence-electron chi connectivity index (χ4n) is 3.66. The number of halogens is 1. The van der Waals surface area contributed by atoms with Gasteiger partial charge in [0.25, 0.3) is 0 Å². The van der Waals surface area contributed by atoms with E-state index < -0.39 is 21.6 Å². The predicted molar refractivity (Wildman–Crippen MR) is 121 cm³/mol. The van der Waals surface area contributed by atoms with Crippen LogP contribution in [0.4, 0.5) is 15.8 Å². The lowest BCUT2D eigenvalue weighted by Crippen LogP contribution is -2.27. The van der Waals surface area contributed by atoms with Crippen molar-refractivity contribution in [2.24, 2.45) is 7.05 Å². The molecule has 0 unspecified atom stereocenters. The lowest BCUT2D eigenvalue weighted by Gasteiger charge is -2.27. The molecule has 0 spiro atoms. The maximum Gasteiger partial charge on any atom is 0.232 e. The van der Waals surface area contributed by atoms with Crippen LogP contribution < -0.4 is 9.62 Å². The van der Waals surface area contributed by atoms with Gasteiger partial charge in [-0.05, 0) is 48.2 Å². The Morgan fingerprint density at radius 1 is 1.29 bits per heavy atom. The Bertz CT molecular complexity index is 1210. The second-order valence-electron chi connectivity index (χ2n) is 7.55. The van der Waals surface area contributed by atoms with Crippen LogP contribution in [0.5, 0.6) is 5.75 Å². The summed E-state index contributed by atoms with van der Waals surface area (Å²) < 4.78 is 41.9. The van der Waals surface area contributed by atoms with Gasteiger partial charge in [-0.15, -0.1) is 0 Å². The predicted octanol–water partition coefficient (Wildman–Crippen LogP) is 4.06. The van der Waals surface area contributed by atoms with Crippen LogP contribution in [-0.4, -0.2) is 36.6 Å². The minimum Gasteiger partial charge on any atom is -0.505 e. The number of nitrogens with one attached hydrogen (secondary N) is 1. The number of hydrogen-bond acceptors (Lipinski definition) is 5. The van der Waals surface area contributed by atoms with Crippen molar-refractivity contribution in [1.29, 1.82) is 0 Å². The molecule has 7 nitrogen and oxygen atoms in total. The minimum absolute atomic E-state index is 0.332. The van der Waals surface area contributed by atoms with E-state index in [0.717, 1.165) is 17.5 Å². The van der Waals surface area contributed by atoms with Gasteiger partial charge in [0.05, 0.1) is 29.9 Å². The molecule has 0 saturated heterocycles. The number of rotatable bonds is 7. The molecule has 0 fully saturated rings. The van der Waals surface area contributed by atoms with Crippen molar-refractivity contribution in [3.63, 3.8) is 0 Å². The number of sulfonamides is 1. The average molecular weight is 447 g/mol. The van der Waals surface area contributed by atoms with Crippen molar-refractivity contribution >= 4 is 21.4 Å². The van der Waals surface area contributed by atoms with Gasteiger partial charge in [-0.2, -0.15) is 5.10 Å². The SMILES string of the molecule is CCc1cc(O)c(F)cc1-c1cccc(N(C)S(C)(=O)=O)c1[C@@H](C)Nc1cnn(C)c1. The molecule has 1 aromatic heterocycles. The molecule has 1 atom stereocenters. The molecule has 0 radical (unpaired) electrons.